The summed E-state index contributed by atoms with van der Waals surface area (Å²) >= 11 is 0. The lowest BCUT2D eigenvalue weighted by Gasteiger charge is -2.13. The Hall–Kier alpha value is -3.75. The number of halogens is 3. The van der Waals surface area contributed by atoms with Crippen LogP contribution in [0.3, 0.4) is 0 Å². The van der Waals surface area contributed by atoms with Gasteiger partial charge in [-0.05, 0) is 35.9 Å². The van der Waals surface area contributed by atoms with Crippen molar-refractivity contribution in [1.82, 2.24) is 14.2 Å². The predicted molar refractivity (Wildman–Crippen MR) is 102 cm³/mol. The van der Waals surface area contributed by atoms with E-state index in [1.807, 2.05) is 0 Å². The molecule has 2 aromatic carbocycles. The second-order valence-corrected chi connectivity index (χ2v) is 6.81. The average Bonchev–Trinajstić information content (AvgIpc) is 3.36. The van der Waals surface area contributed by atoms with Gasteiger partial charge in [0.05, 0.1) is 17.8 Å². The zero-order valence-electron chi connectivity index (χ0n) is 15.4. The molecule has 2 aromatic heterocycles. The van der Waals surface area contributed by atoms with Gasteiger partial charge in [-0.25, -0.2) is 4.52 Å². The number of rotatable bonds is 3. The molecule has 4 aromatic rings. The molecule has 0 fully saturated rings. The third-order valence-electron chi connectivity index (χ3n) is 4.94. The Morgan fingerprint density at radius 1 is 1.00 bits per heavy atom. The van der Waals surface area contributed by atoms with Crippen LogP contribution in [0, 0.1) is 0 Å². The molecule has 0 unspecified atom stereocenters. The molecule has 0 amide bonds. The first-order chi connectivity index (χ1) is 14.4. The summed E-state index contributed by atoms with van der Waals surface area (Å²) in [7, 11) is 0. The van der Waals surface area contributed by atoms with Crippen LogP contribution < -0.4 is 15.0 Å². The van der Waals surface area contributed by atoms with E-state index in [4.69, 9.17) is 9.47 Å². The Bertz CT molecular complexity index is 1320. The molecule has 0 saturated carbocycles. The highest BCUT2D eigenvalue weighted by Gasteiger charge is 2.33. The quantitative estimate of drug-likeness (QED) is 0.510. The molecule has 0 aliphatic carbocycles. The molecule has 0 bridgehead atoms. The maximum atomic E-state index is 13.3. The smallest absolute Gasteiger partial charge is 0.416 e. The van der Waals surface area contributed by atoms with Crippen molar-refractivity contribution in [1.29, 1.82) is 0 Å². The first-order valence-electron chi connectivity index (χ1n) is 9.04. The van der Waals surface area contributed by atoms with Crippen LogP contribution in [0.1, 0.15) is 11.1 Å². The number of aromatic nitrogens is 3. The summed E-state index contributed by atoms with van der Waals surface area (Å²) in [5.74, 6) is 1.22. The molecule has 1 aliphatic rings. The van der Waals surface area contributed by atoms with Crippen LogP contribution in [0.15, 0.2) is 65.7 Å². The van der Waals surface area contributed by atoms with Crippen LogP contribution in [0.4, 0.5) is 13.2 Å². The van der Waals surface area contributed by atoms with Crippen molar-refractivity contribution in [2.45, 2.75) is 12.7 Å². The summed E-state index contributed by atoms with van der Waals surface area (Å²) < 4.78 is 53.1. The molecule has 3 heterocycles. The number of benzene rings is 2. The fraction of sp³-hybridized carbons (Fsp3) is 0.143. The van der Waals surface area contributed by atoms with Gasteiger partial charge in [0, 0.05) is 18.0 Å². The van der Waals surface area contributed by atoms with Gasteiger partial charge in [0.1, 0.15) is 5.52 Å². The van der Waals surface area contributed by atoms with Crippen LogP contribution >= 0.6 is 0 Å². The SMILES string of the molecule is O=c1c2cc(-c3ccc4c(c3)OCO4)nn2ccn1Cc1ccccc1C(F)(F)F. The molecule has 30 heavy (non-hydrogen) atoms. The molecule has 0 saturated heterocycles. The fourth-order valence-electron chi connectivity index (χ4n) is 3.47. The Balaban J connectivity index is 1.54. The lowest BCUT2D eigenvalue weighted by atomic mass is 10.1. The molecule has 6 nitrogen and oxygen atoms in total. The zero-order valence-corrected chi connectivity index (χ0v) is 15.4. The maximum absolute atomic E-state index is 13.3. The molecular formula is C21H14F3N3O3. The number of hydrogen-bond donors (Lipinski definition) is 0. The van der Waals surface area contributed by atoms with Crippen molar-refractivity contribution < 1.29 is 22.6 Å². The van der Waals surface area contributed by atoms with E-state index in [9.17, 15) is 18.0 Å². The lowest BCUT2D eigenvalue weighted by Crippen LogP contribution is -2.23. The van der Waals surface area contributed by atoms with E-state index in [0.717, 1.165) is 11.6 Å². The topological polar surface area (TPSA) is 57.8 Å². The minimum Gasteiger partial charge on any atom is -0.454 e. The van der Waals surface area contributed by atoms with Crippen molar-refractivity contribution in [2.24, 2.45) is 0 Å². The van der Waals surface area contributed by atoms with Crippen LogP contribution in [-0.4, -0.2) is 21.0 Å². The largest absolute Gasteiger partial charge is 0.454 e. The first kappa shape index (κ1) is 18.3. The van der Waals surface area contributed by atoms with E-state index >= 15 is 0 Å². The van der Waals surface area contributed by atoms with Crippen LogP contribution in [0.25, 0.3) is 16.8 Å². The highest BCUT2D eigenvalue weighted by molar-refractivity contribution is 5.68. The number of nitrogens with zero attached hydrogens (tertiary/aromatic N) is 3. The van der Waals surface area contributed by atoms with Gasteiger partial charge < -0.3 is 14.0 Å². The number of hydrogen-bond acceptors (Lipinski definition) is 4. The van der Waals surface area contributed by atoms with Gasteiger partial charge in [0.2, 0.25) is 6.79 Å². The Kier molecular flexibility index (Phi) is 4.05. The Morgan fingerprint density at radius 3 is 2.63 bits per heavy atom. The van der Waals surface area contributed by atoms with Gasteiger partial charge in [0.15, 0.2) is 11.5 Å². The van der Waals surface area contributed by atoms with Crippen LogP contribution in [0.5, 0.6) is 11.5 Å². The summed E-state index contributed by atoms with van der Waals surface area (Å²) in [5, 5.41) is 4.40. The summed E-state index contributed by atoms with van der Waals surface area (Å²) in [4.78, 5) is 12.9. The zero-order chi connectivity index (χ0) is 20.9. The molecule has 0 radical (unpaired) electrons. The van der Waals surface area contributed by atoms with E-state index in [2.05, 4.69) is 5.10 Å². The summed E-state index contributed by atoms with van der Waals surface area (Å²) in [5.41, 5.74) is 0.358. The summed E-state index contributed by atoms with van der Waals surface area (Å²) in [6.07, 6.45) is -1.52. The Labute approximate surface area is 167 Å². The molecule has 0 spiro atoms. The van der Waals surface area contributed by atoms with Crippen LogP contribution in [-0.2, 0) is 12.7 Å². The van der Waals surface area contributed by atoms with E-state index in [1.165, 1.54) is 33.5 Å². The second kappa shape index (κ2) is 6.65. The molecule has 0 N–H and O–H groups in total. The van der Waals surface area contributed by atoms with Gasteiger partial charge in [-0.1, -0.05) is 18.2 Å². The van der Waals surface area contributed by atoms with E-state index < -0.39 is 17.3 Å². The molecule has 152 valence electrons. The second-order valence-electron chi connectivity index (χ2n) is 6.81. The van der Waals surface area contributed by atoms with Crippen molar-refractivity contribution in [2.75, 3.05) is 6.79 Å². The minimum absolute atomic E-state index is 0.0203. The molecule has 0 atom stereocenters. The minimum atomic E-state index is -4.49. The standard InChI is InChI=1S/C21H14F3N3O3/c22-21(23,24)15-4-2-1-3-14(15)11-26-7-8-27-17(20(26)28)10-16(25-27)13-5-6-18-19(9-13)30-12-29-18/h1-10H,11-12H2. The van der Waals surface area contributed by atoms with Crippen molar-refractivity contribution >= 4 is 5.52 Å². The van der Waals surface area contributed by atoms with Crippen LogP contribution in [0.2, 0.25) is 0 Å². The third-order valence-corrected chi connectivity index (χ3v) is 4.94. The normalized spacial score (nSPS) is 13.2. The summed E-state index contributed by atoms with van der Waals surface area (Å²) in [6, 6.07) is 12.1. The van der Waals surface area contributed by atoms with Gasteiger partial charge >= 0.3 is 6.18 Å². The maximum Gasteiger partial charge on any atom is 0.416 e. The average molecular weight is 413 g/mol. The predicted octanol–water partition coefficient (Wildman–Crippen LogP) is 3.96. The fourth-order valence-corrected chi connectivity index (χ4v) is 3.47. The number of fused-ring (bicyclic) bond motifs is 2. The monoisotopic (exact) mass is 413 g/mol. The van der Waals surface area contributed by atoms with Gasteiger partial charge in [-0.2, -0.15) is 18.3 Å². The summed E-state index contributed by atoms with van der Waals surface area (Å²) in [6.45, 7) is -0.0520. The first-order valence-corrected chi connectivity index (χ1v) is 9.04. The third kappa shape index (κ3) is 3.08. The highest BCUT2D eigenvalue weighted by atomic mass is 19.4. The van der Waals surface area contributed by atoms with Crippen molar-refractivity contribution in [3.05, 3.63) is 82.4 Å². The molecule has 1 aliphatic heterocycles. The Morgan fingerprint density at radius 2 is 1.80 bits per heavy atom. The highest BCUT2D eigenvalue weighted by Crippen LogP contribution is 2.35. The van der Waals surface area contributed by atoms with Crippen molar-refractivity contribution in [3.63, 3.8) is 0 Å². The van der Waals surface area contributed by atoms with E-state index in [-0.39, 0.29) is 24.4 Å². The van der Waals surface area contributed by atoms with E-state index in [0.29, 0.717) is 17.2 Å². The number of ether oxygens (including phenoxy) is 2. The van der Waals surface area contributed by atoms with Gasteiger partial charge in [0.25, 0.3) is 5.56 Å². The van der Waals surface area contributed by atoms with Gasteiger partial charge in [-0.3, -0.25) is 4.79 Å². The van der Waals surface area contributed by atoms with E-state index in [1.54, 1.807) is 30.5 Å². The van der Waals surface area contributed by atoms with Crippen molar-refractivity contribution in [3.8, 4) is 22.8 Å². The molecular weight excluding hydrogens is 399 g/mol. The molecule has 9 heteroatoms. The molecule has 5 rings (SSSR count). The van der Waals surface area contributed by atoms with Gasteiger partial charge in [-0.15, -0.1) is 0 Å². The number of alkyl halides is 3. The lowest BCUT2D eigenvalue weighted by molar-refractivity contribution is -0.138.